The molecule has 4 unspecified atom stereocenters. The Morgan fingerprint density at radius 3 is 1.88 bits per heavy atom. The van der Waals surface area contributed by atoms with Crippen LogP contribution < -0.4 is 33.6 Å². The number of nitrogens with one attached hydrogen (secondary N) is 2. The van der Waals surface area contributed by atoms with E-state index in [2.05, 4.69) is 10.6 Å². The Kier molecular flexibility index (Phi) is 10.9. The molecule has 11 N–H and O–H groups in total. The number of nitrogens with two attached hydrogens (primary N) is 4. The molecule has 0 aliphatic carbocycles. The van der Waals surface area contributed by atoms with Crippen LogP contribution in [-0.2, 0) is 33.6 Å². The van der Waals surface area contributed by atoms with Gasteiger partial charge in [-0.25, -0.2) is 4.79 Å². The van der Waals surface area contributed by atoms with Gasteiger partial charge in [-0.3, -0.25) is 28.8 Å². The average Bonchev–Trinajstić information content (AvgIpc) is 3.22. The normalized spacial score (nSPS) is 17.8. The van der Waals surface area contributed by atoms with Crippen molar-refractivity contribution in [3.05, 3.63) is 0 Å². The van der Waals surface area contributed by atoms with Gasteiger partial charge in [-0.2, -0.15) is 0 Å². The van der Waals surface area contributed by atoms with Crippen molar-refractivity contribution in [1.29, 1.82) is 0 Å². The van der Waals surface area contributed by atoms with Gasteiger partial charge in [0.05, 0.1) is 12.5 Å². The first-order valence-electron chi connectivity index (χ1n) is 10.6. The van der Waals surface area contributed by atoms with E-state index in [1.54, 1.807) is 0 Å². The molecule has 6 amide bonds. The number of hydrogen-bond donors (Lipinski definition) is 7. The molecule has 190 valence electrons. The fourth-order valence-corrected chi connectivity index (χ4v) is 3.45. The van der Waals surface area contributed by atoms with Gasteiger partial charge in [-0.15, -0.1) is 0 Å². The maximum atomic E-state index is 13.0. The summed E-state index contributed by atoms with van der Waals surface area (Å²) in [6, 6.07) is -5.16. The molecule has 1 fully saturated rings. The number of primary amides is 3. The molecule has 0 bridgehead atoms. The van der Waals surface area contributed by atoms with E-state index in [1.807, 2.05) is 0 Å². The number of carboxylic acid groups (broad SMARTS) is 1. The topological polar surface area (TPSA) is 271 Å². The van der Waals surface area contributed by atoms with Crippen LogP contribution in [0.2, 0.25) is 0 Å². The zero-order valence-corrected chi connectivity index (χ0v) is 18.5. The minimum atomic E-state index is -1.38. The van der Waals surface area contributed by atoms with Gasteiger partial charge in [0, 0.05) is 19.4 Å². The average molecular weight is 485 g/mol. The summed E-state index contributed by atoms with van der Waals surface area (Å²) in [7, 11) is 0. The summed E-state index contributed by atoms with van der Waals surface area (Å²) >= 11 is 0. The minimum absolute atomic E-state index is 0.141. The van der Waals surface area contributed by atoms with Crippen molar-refractivity contribution < 1.29 is 38.7 Å². The second-order valence-corrected chi connectivity index (χ2v) is 7.94. The van der Waals surface area contributed by atoms with Gasteiger partial charge in [-0.1, -0.05) is 0 Å². The maximum absolute atomic E-state index is 13.0. The zero-order chi connectivity index (χ0) is 26.0. The summed E-state index contributed by atoms with van der Waals surface area (Å²) in [5, 5.41) is 14.0. The molecule has 34 heavy (non-hydrogen) atoms. The largest absolute Gasteiger partial charge is 0.480 e. The van der Waals surface area contributed by atoms with Gasteiger partial charge in [0.2, 0.25) is 35.4 Å². The first kappa shape index (κ1) is 28.3. The molecule has 0 aromatic carbocycles. The highest BCUT2D eigenvalue weighted by molar-refractivity contribution is 5.95. The molecule has 1 heterocycles. The van der Waals surface area contributed by atoms with Gasteiger partial charge in [-0.05, 0) is 25.7 Å². The molecule has 0 saturated carbocycles. The van der Waals surface area contributed by atoms with Crippen molar-refractivity contribution in [1.82, 2.24) is 15.5 Å². The van der Waals surface area contributed by atoms with Crippen LogP contribution >= 0.6 is 0 Å². The third-order valence-corrected chi connectivity index (χ3v) is 5.19. The number of hydrogen-bond acceptors (Lipinski definition) is 8. The van der Waals surface area contributed by atoms with Crippen LogP contribution in [0.15, 0.2) is 0 Å². The van der Waals surface area contributed by atoms with E-state index in [4.69, 9.17) is 22.9 Å². The van der Waals surface area contributed by atoms with E-state index >= 15 is 0 Å². The van der Waals surface area contributed by atoms with Crippen molar-refractivity contribution in [2.45, 2.75) is 69.1 Å². The molecule has 1 saturated heterocycles. The van der Waals surface area contributed by atoms with Crippen LogP contribution in [0, 0.1) is 0 Å². The molecule has 0 aromatic heterocycles. The molecular formula is C19H31N7O8. The van der Waals surface area contributed by atoms with Gasteiger partial charge in [0.25, 0.3) is 0 Å². The fourth-order valence-electron chi connectivity index (χ4n) is 3.45. The lowest BCUT2D eigenvalue weighted by Gasteiger charge is -2.28. The van der Waals surface area contributed by atoms with E-state index in [9.17, 15) is 38.7 Å². The van der Waals surface area contributed by atoms with Crippen molar-refractivity contribution in [3.63, 3.8) is 0 Å². The summed E-state index contributed by atoms with van der Waals surface area (Å²) in [6.45, 7) is 0.141. The Morgan fingerprint density at radius 2 is 1.38 bits per heavy atom. The lowest BCUT2D eigenvalue weighted by Crippen LogP contribution is -2.57. The molecule has 4 atom stereocenters. The van der Waals surface area contributed by atoms with Crippen LogP contribution in [0.4, 0.5) is 0 Å². The lowest BCUT2D eigenvalue weighted by atomic mass is 10.1. The van der Waals surface area contributed by atoms with E-state index in [0.717, 1.165) is 4.90 Å². The second-order valence-electron chi connectivity index (χ2n) is 7.94. The summed E-state index contributed by atoms with van der Waals surface area (Å²) in [5.74, 6) is -6.12. The Hall–Kier alpha value is -3.75. The Labute approximate surface area is 194 Å². The molecule has 1 aliphatic heterocycles. The van der Waals surface area contributed by atoms with E-state index < -0.39 is 72.0 Å². The summed E-state index contributed by atoms with van der Waals surface area (Å²) in [6.07, 6.45) is -0.905. The number of likely N-dealkylation sites (tertiary alicyclic amines) is 1. The van der Waals surface area contributed by atoms with Gasteiger partial charge < -0.3 is 43.6 Å². The molecule has 1 aliphatic rings. The number of rotatable bonds is 14. The highest BCUT2D eigenvalue weighted by Crippen LogP contribution is 2.19. The third-order valence-electron chi connectivity index (χ3n) is 5.19. The molecule has 0 spiro atoms. The number of nitrogens with zero attached hydrogens (tertiary/aromatic N) is 1. The maximum Gasteiger partial charge on any atom is 0.326 e. The predicted molar refractivity (Wildman–Crippen MR) is 115 cm³/mol. The number of carboxylic acids is 1. The molecule has 15 nitrogen and oxygen atoms in total. The van der Waals surface area contributed by atoms with Gasteiger partial charge in [0.1, 0.15) is 18.1 Å². The number of carbonyl (C=O) groups is 7. The van der Waals surface area contributed by atoms with E-state index in [1.165, 1.54) is 0 Å². The van der Waals surface area contributed by atoms with Crippen molar-refractivity contribution in [3.8, 4) is 0 Å². The Bertz CT molecular complexity index is 833. The predicted octanol–water partition coefficient (Wildman–Crippen LogP) is -4.23. The number of carbonyl (C=O) groups excluding carboxylic acids is 6. The smallest absolute Gasteiger partial charge is 0.326 e. The standard InChI is InChI=1S/C19H31N7O8/c20-9(8-15(23)29)16(30)24-10(3-5-13(21)27)17(31)25-11(4-6-14(22)28)18(32)26-7-1-2-12(26)19(33)34/h9-12H,1-8,20H2,(H2,21,27)(H2,22,28)(H2,23,29)(H,24,30)(H,25,31)(H,33,34). The fraction of sp³-hybridized carbons (Fsp3) is 0.632. The van der Waals surface area contributed by atoms with Crippen molar-refractivity contribution in [2.75, 3.05) is 6.54 Å². The van der Waals surface area contributed by atoms with E-state index in [0.29, 0.717) is 6.42 Å². The highest BCUT2D eigenvalue weighted by atomic mass is 16.4. The lowest BCUT2D eigenvalue weighted by molar-refractivity contribution is -0.149. The van der Waals surface area contributed by atoms with Gasteiger partial charge in [0.15, 0.2) is 0 Å². The summed E-state index contributed by atoms with van der Waals surface area (Å²) in [5.41, 5.74) is 20.9. The minimum Gasteiger partial charge on any atom is -0.480 e. The quantitative estimate of drug-likeness (QED) is 0.125. The Morgan fingerprint density at radius 1 is 0.853 bits per heavy atom. The van der Waals surface area contributed by atoms with Crippen molar-refractivity contribution in [2.24, 2.45) is 22.9 Å². The monoisotopic (exact) mass is 485 g/mol. The second kappa shape index (κ2) is 13.1. The van der Waals surface area contributed by atoms with Crippen LogP contribution in [0.1, 0.15) is 44.9 Å². The first-order chi connectivity index (χ1) is 15.8. The molecule has 0 aromatic rings. The SMILES string of the molecule is NC(=O)CCC(NC(=O)C(N)CC(N)=O)C(=O)NC(CCC(N)=O)C(=O)N1CCCC1C(=O)O. The highest BCUT2D eigenvalue weighted by Gasteiger charge is 2.38. The van der Waals surface area contributed by atoms with Crippen LogP contribution in [0.3, 0.4) is 0 Å². The van der Waals surface area contributed by atoms with Crippen LogP contribution in [-0.4, -0.2) is 82.1 Å². The molecular weight excluding hydrogens is 454 g/mol. The summed E-state index contributed by atoms with van der Waals surface area (Å²) < 4.78 is 0. The zero-order valence-electron chi connectivity index (χ0n) is 18.5. The third kappa shape index (κ3) is 9.01. The van der Waals surface area contributed by atoms with Crippen LogP contribution in [0.5, 0.6) is 0 Å². The molecule has 0 radical (unpaired) electrons. The molecule has 15 heteroatoms. The Balaban J connectivity index is 3.05. The number of amides is 6. The molecule has 1 rings (SSSR count). The van der Waals surface area contributed by atoms with Crippen LogP contribution in [0.25, 0.3) is 0 Å². The van der Waals surface area contributed by atoms with Crippen molar-refractivity contribution >= 4 is 41.4 Å². The van der Waals surface area contributed by atoms with Gasteiger partial charge >= 0.3 is 5.97 Å². The first-order valence-corrected chi connectivity index (χ1v) is 10.6. The summed E-state index contributed by atoms with van der Waals surface area (Å²) in [4.78, 5) is 84.2. The van der Waals surface area contributed by atoms with E-state index in [-0.39, 0.29) is 38.6 Å². The number of aliphatic carboxylic acids is 1.